The molecule has 1 aliphatic heterocycles. The second-order valence-corrected chi connectivity index (χ2v) is 6.85. The van der Waals surface area contributed by atoms with Gasteiger partial charge in [0.2, 0.25) is 0 Å². The molecule has 0 spiro atoms. The number of aliphatic hydroxyl groups excluding tert-OH is 1. The van der Waals surface area contributed by atoms with Crippen LogP contribution in [0.2, 0.25) is 0 Å². The Morgan fingerprint density at radius 3 is 2.13 bits per heavy atom. The van der Waals surface area contributed by atoms with E-state index in [0.29, 0.717) is 24.3 Å². The van der Waals surface area contributed by atoms with E-state index in [1.807, 2.05) is 20.8 Å². The van der Waals surface area contributed by atoms with Crippen molar-refractivity contribution in [1.82, 2.24) is 0 Å². The van der Waals surface area contributed by atoms with Gasteiger partial charge in [-0.2, -0.15) is 0 Å². The van der Waals surface area contributed by atoms with Gasteiger partial charge in [0.1, 0.15) is 5.82 Å². The fourth-order valence-electron chi connectivity index (χ4n) is 3.42. The number of ether oxygens (including phenoxy) is 2. The molecule has 4 heteroatoms. The first-order valence-corrected chi connectivity index (χ1v) is 8.61. The number of hydrogen-bond acceptors (Lipinski definition) is 3. The number of benzene rings is 1. The molecule has 1 aliphatic rings. The molecule has 1 aromatic carbocycles. The first-order valence-electron chi connectivity index (χ1n) is 8.61. The molecule has 0 radical (unpaired) electrons. The van der Waals surface area contributed by atoms with Crippen LogP contribution in [0.5, 0.6) is 0 Å². The normalized spacial score (nSPS) is 17.4. The van der Waals surface area contributed by atoms with Crippen LogP contribution in [0.3, 0.4) is 0 Å². The predicted molar refractivity (Wildman–Crippen MR) is 89.2 cm³/mol. The maximum absolute atomic E-state index is 15.3. The summed E-state index contributed by atoms with van der Waals surface area (Å²) in [5.41, 5.74) is 2.95. The van der Waals surface area contributed by atoms with Gasteiger partial charge >= 0.3 is 0 Å². The van der Waals surface area contributed by atoms with Crippen LogP contribution in [-0.4, -0.2) is 24.6 Å². The number of halogens is 1. The van der Waals surface area contributed by atoms with Crippen LogP contribution >= 0.6 is 0 Å². The lowest BCUT2D eigenvalue weighted by atomic mass is 9.81. The van der Waals surface area contributed by atoms with Gasteiger partial charge in [-0.15, -0.1) is 0 Å². The Balaban J connectivity index is 2.64. The molecule has 3 nitrogen and oxygen atoms in total. The van der Waals surface area contributed by atoms with Crippen molar-refractivity contribution in [3.05, 3.63) is 34.1 Å². The zero-order valence-electron chi connectivity index (χ0n) is 14.9. The van der Waals surface area contributed by atoms with Gasteiger partial charge in [-0.25, -0.2) is 4.39 Å². The molecule has 1 saturated heterocycles. The van der Waals surface area contributed by atoms with Crippen molar-refractivity contribution >= 4 is 0 Å². The Hall–Kier alpha value is -0.970. The fourth-order valence-corrected chi connectivity index (χ4v) is 3.42. The van der Waals surface area contributed by atoms with Crippen LogP contribution in [0.1, 0.15) is 81.0 Å². The Labute approximate surface area is 138 Å². The Kier molecular flexibility index (Phi) is 6.18. The Bertz CT molecular complexity index is 534. The van der Waals surface area contributed by atoms with Gasteiger partial charge in [-0.3, -0.25) is 0 Å². The van der Waals surface area contributed by atoms with E-state index in [2.05, 4.69) is 19.9 Å². The summed E-state index contributed by atoms with van der Waals surface area (Å²) >= 11 is 0. The molecule has 0 bridgehead atoms. The highest BCUT2D eigenvalue weighted by Crippen LogP contribution is 2.39. The van der Waals surface area contributed by atoms with Crippen LogP contribution in [0.4, 0.5) is 4.39 Å². The fraction of sp³-hybridized carbons (Fsp3) is 0.684. The highest BCUT2D eigenvalue weighted by molar-refractivity contribution is 5.45. The van der Waals surface area contributed by atoms with Crippen molar-refractivity contribution in [3.8, 4) is 0 Å². The maximum atomic E-state index is 15.3. The minimum atomic E-state index is -0.400. The number of hydrogen-bond donors (Lipinski definition) is 1. The van der Waals surface area contributed by atoms with E-state index in [0.717, 1.165) is 17.5 Å². The molecule has 0 aliphatic carbocycles. The minimum absolute atomic E-state index is 0.151. The van der Waals surface area contributed by atoms with E-state index in [1.165, 1.54) is 0 Å². The second kappa shape index (κ2) is 7.73. The van der Waals surface area contributed by atoms with Crippen molar-refractivity contribution in [3.63, 3.8) is 0 Å². The number of rotatable bonds is 6. The van der Waals surface area contributed by atoms with Crippen LogP contribution in [-0.2, 0) is 16.1 Å². The third kappa shape index (κ3) is 3.59. The molecule has 23 heavy (non-hydrogen) atoms. The van der Waals surface area contributed by atoms with E-state index < -0.39 is 6.29 Å². The summed E-state index contributed by atoms with van der Waals surface area (Å²) in [7, 11) is 0. The monoisotopic (exact) mass is 324 g/mol. The van der Waals surface area contributed by atoms with E-state index >= 15 is 4.39 Å². The Morgan fingerprint density at radius 2 is 1.70 bits per heavy atom. The van der Waals surface area contributed by atoms with Crippen molar-refractivity contribution in [2.75, 3.05) is 13.2 Å². The molecule has 2 rings (SSSR count). The van der Waals surface area contributed by atoms with Gasteiger partial charge in [0.25, 0.3) is 0 Å². The van der Waals surface area contributed by atoms with Crippen molar-refractivity contribution in [1.29, 1.82) is 0 Å². The molecule has 1 aromatic rings. The third-order valence-corrected chi connectivity index (χ3v) is 4.66. The van der Waals surface area contributed by atoms with Gasteiger partial charge in [-0.05, 0) is 34.9 Å². The van der Waals surface area contributed by atoms with Gasteiger partial charge in [0.15, 0.2) is 6.29 Å². The molecule has 0 aromatic heterocycles. The second-order valence-electron chi connectivity index (χ2n) is 6.85. The summed E-state index contributed by atoms with van der Waals surface area (Å²) in [6, 6.07) is 2.07. The molecular weight excluding hydrogens is 295 g/mol. The summed E-state index contributed by atoms with van der Waals surface area (Å²) in [6.45, 7) is 11.0. The molecule has 0 saturated carbocycles. The zero-order chi connectivity index (χ0) is 17.1. The van der Waals surface area contributed by atoms with Crippen LogP contribution in [0.15, 0.2) is 6.07 Å². The van der Waals surface area contributed by atoms with Crippen LogP contribution in [0.25, 0.3) is 0 Å². The standard InChI is InChI=1S/C19H29FO3/c1-6-13(19-22-7-8-23-19)17-15(12(4)5)9-14(11(2)3)16(10-21)18(17)20/h9,11-13,19,21H,6-8,10H2,1-5H3. The van der Waals surface area contributed by atoms with E-state index in [9.17, 15) is 5.11 Å². The minimum Gasteiger partial charge on any atom is -0.392 e. The van der Waals surface area contributed by atoms with Crippen LogP contribution < -0.4 is 0 Å². The average Bonchev–Trinajstić information content (AvgIpc) is 3.02. The molecular formula is C19H29FO3. The molecule has 1 fully saturated rings. The highest BCUT2D eigenvalue weighted by atomic mass is 19.1. The zero-order valence-corrected chi connectivity index (χ0v) is 14.9. The van der Waals surface area contributed by atoms with Gasteiger partial charge in [0.05, 0.1) is 19.8 Å². The molecule has 1 N–H and O–H groups in total. The van der Waals surface area contributed by atoms with Gasteiger partial charge < -0.3 is 14.6 Å². The first-order chi connectivity index (χ1) is 10.9. The van der Waals surface area contributed by atoms with E-state index in [1.54, 1.807) is 0 Å². The topological polar surface area (TPSA) is 38.7 Å². The van der Waals surface area contributed by atoms with E-state index in [-0.39, 0.29) is 30.2 Å². The summed E-state index contributed by atoms with van der Waals surface area (Å²) < 4.78 is 26.6. The van der Waals surface area contributed by atoms with Crippen molar-refractivity contribution in [2.45, 2.75) is 71.7 Å². The Morgan fingerprint density at radius 1 is 1.13 bits per heavy atom. The van der Waals surface area contributed by atoms with Crippen molar-refractivity contribution in [2.24, 2.45) is 0 Å². The number of aliphatic hydroxyl groups is 1. The first kappa shape index (κ1) is 18.4. The molecule has 130 valence electrons. The highest BCUT2D eigenvalue weighted by Gasteiger charge is 2.33. The summed E-state index contributed by atoms with van der Waals surface area (Å²) in [5.74, 6) is -0.0767. The smallest absolute Gasteiger partial charge is 0.164 e. The quantitative estimate of drug-likeness (QED) is 0.841. The van der Waals surface area contributed by atoms with Gasteiger partial charge in [-0.1, -0.05) is 40.7 Å². The summed E-state index contributed by atoms with van der Waals surface area (Å²) in [5, 5.41) is 9.72. The third-order valence-electron chi connectivity index (χ3n) is 4.66. The van der Waals surface area contributed by atoms with E-state index in [4.69, 9.17) is 9.47 Å². The summed E-state index contributed by atoms with van der Waals surface area (Å²) in [6.07, 6.45) is 0.330. The predicted octanol–water partition coefficient (Wildman–Crippen LogP) is 4.43. The average molecular weight is 324 g/mol. The largest absolute Gasteiger partial charge is 0.392 e. The lowest BCUT2D eigenvalue weighted by Gasteiger charge is -2.28. The molecule has 1 heterocycles. The van der Waals surface area contributed by atoms with Gasteiger partial charge in [0, 0.05) is 11.5 Å². The molecule has 1 unspecified atom stereocenters. The molecule has 0 amide bonds. The van der Waals surface area contributed by atoms with Crippen LogP contribution in [0, 0.1) is 5.82 Å². The lowest BCUT2D eigenvalue weighted by Crippen LogP contribution is -2.23. The van der Waals surface area contributed by atoms with Crippen molar-refractivity contribution < 1.29 is 19.0 Å². The lowest BCUT2D eigenvalue weighted by molar-refractivity contribution is -0.0626. The maximum Gasteiger partial charge on any atom is 0.164 e. The summed E-state index contributed by atoms with van der Waals surface area (Å²) in [4.78, 5) is 0. The SMILES string of the molecule is CCC(c1c(C(C)C)cc(C(C)C)c(CO)c1F)C1OCCO1. The molecule has 1 atom stereocenters.